The Morgan fingerprint density at radius 3 is 2.14 bits per heavy atom. The van der Waals surface area contributed by atoms with Crippen LogP contribution in [0.25, 0.3) is 0 Å². The van der Waals surface area contributed by atoms with E-state index in [0.29, 0.717) is 24.6 Å². The summed E-state index contributed by atoms with van der Waals surface area (Å²) in [4.78, 5) is 14.8. The molecule has 0 spiro atoms. The molecule has 2 aromatic carbocycles. The number of hydrogen-bond donors (Lipinski definition) is 1. The third kappa shape index (κ3) is 5.49. The van der Waals surface area contributed by atoms with Crippen molar-refractivity contribution in [3.05, 3.63) is 53.1 Å². The van der Waals surface area contributed by atoms with E-state index < -0.39 is 0 Å². The van der Waals surface area contributed by atoms with Gasteiger partial charge in [0.1, 0.15) is 0 Å². The molecule has 152 valence electrons. The first kappa shape index (κ1) is 21.8. The second kappa shape index (κ2) is 10.7. The maximum atomic E-state index is 12.7. The van der Waals surface area contributed by atoms with Crippen molar-refractivity contribution < 1.29 is 14.3 Å². The summed E-state index contributed by atoms with van der Waals surface area (Å²) in [6, 6.07) is 12.1. The van der Waals surface area contributed by atoms with Crippen LogP contribution in [0, 0.1) is 0 Å². The minimum absolute atomic E-state index is 0.0120. The van der Waals surface area contributed by atoms with Crippen molar-refractivity contribution >= 4 is 11.6 Å². The number of amides is 1. The SMILES string of the molecule is CCc1cccc(CC)c1NC(=O)CN(CC)Cc1ccc(OC)c(OC)c1. The average Bonchev–Trinajstić information content (AvgIpc) is 2.73. The molecule has 0 aliphatic heterocycles. The smallest absolute Gasteiger partial charge is 0.238 e. The van der Waals surface area contributed by atoms with Crippen LogP contribution in [0.2, 0.25) is 0 Å². The van der Waals surface area contributed by atoms with Gasteiger partial charge in [-0.25, -0.2) is 0 Å². The first-order chi connectivity index (χ1) is 13.6. The van der Waals surface area contributed by atoms with Gasteiger partial charge in [0.05, 0.1) is 20.8 Å². The van der Waals surface area contributed by atoms with Crippen molar-refractivity contribution in [2.45, 2.75) is 40.2 Å². The molecule has 5 heteroatoms. The lowest BCUT2D eigenvalue weighted by Crippen LogP contribution is -2.33. The Labute approximate surface area is 168 Å². The molecule has 0 heterocycles. The van der Waals surface area contributed by atoms with Gasteiger partial charge in [-0.05, 0) is 48.2 Å². The topological polar surface area (TPSA) is 50.8 Å². The number of benzene rings is 2. The largest absolute Gasteiger partial charge is 0.493 e. The monoisotopic (exact) mass is 384 g/mol. The number of hydrogen-bond acceptors (Lipinski definition) is 4. The van der Waals surface area contributed by atoms with Crippen LogP contribution in [-0.4, -0.2) is 38.1 Å². The first-order valence-corrected chi connectivity index (χ1v) is 9.90. The van der Waals surface area contributed by atoms with Gasteiger partial charge in [-0.2, -0.15) is 0 Å². The molecule has 1 N–H and O–H groups in total. The van der Waals surface area contributed by atoms with Gasteiger partial charge in [0.2, 0.25) is 5.91 Å². The molecule has 5 nitrogen and oxygen atoms in total. The van der Waals surface area contributed by atoms with Gasteiger partial charge in [-0.3, -0.25) is 9.69 Å². The standard InChI is InChI=1S/C23H32N2O3/c1-6-18-10-9-11-19(7-2)23(18)24-22(26)16-25(8-3)15-17-12-13-20(27-4)21(14-17)28-5/h9-14H,6-8,15-16H2,1-5H3,(H,24,26). The molecule has 2 aromatic rings. The Morgan fingerprint density at radius 1 is 0.964 bits per heavy atom. The van der Waals surface area contributed by atoms with Crippen LogP contribution < -0.4 is 14.8 Å². The van der Waals surface area contributed by atoms with Crippen LogP contribution in [0.4, 0.5) is 5.69 Å². The summed E-state index contributed by atoms with van der Waals surface area (Å²) in [5.74, 6) is 1.42. The van der Waals surface area contributed by atoms with Crippen molar-refractivity contribution in [2.75, 3.05) is 32.6 Å². The Balaban J connectivity index is 2.08. The van der Waals surface area contributed by atoms with E-state index in [1.807, 2.05) is 18.2 Å². The molecule has 0 atom stereocenters. The summed E-state index contributed by atoms with van der Waals surface area (Å²) in [7, 11) is 3.25. The number of carbonyl (C=O) groups excluding carboxylic acids is 1. The van der Waals surface area contributed by atoms with Crippen molar-refractivity contribution in [2.24, 2.45) is 0 Å². The predicted octanol–water partition coefficient (Wildman–Crippen LogP) is 4.29. The number of methoxy groups -OCH3 is 2. The number of anilines is 1. The molecule has 2 rings (SSSR count). The number of nitrogens with one attached hydrogen (secondary N) is 1. The zero-order valence-electron chi connectivity index (χ0n) is 17.7. The van der Waals surface area contributed by atoms with Gasteiger partial charge in [0, 0.05) is 12.2 Å². The van der Waals surface area contributed by atoms with Gasteiger partial charge < -0.3 is 14.8 Å². The fourth-order valence-electron chi connectivity index (χ4n) is 3.30. The van der Waals surface area contributed by atoms with E-state index in [0.717, 1.165) is 30.6 Å². The van der Waals surface area contributed by atoms with Gasteiger partial charge >= 0.3 is 0 Å². The van der Waals surface area contributed by atoms with Gasteiger partial charge in [-0.15, -0.1) is 0 Å². The van der Waals surface area contributed by atoms with E-state index in [2.05, 4.69) is 49.2 Å². The number of likely N-dealkylation sites (N-methyl/N-ethyl adjacent to an activating group) is 1. The third-order valence-electron chi connectivity index (χ3n) is 4.93. The fraction of sp³-hybridized carbons (Fsp3) is 0.435. The molecule has 28 heavy (non-hydrogen) atoms. The van der Waals surface area contributed by atoms with Crippen LogP contribution in [0.3, 0.4) is 0 Å². The summed E-state index contributed by atoms with van der Waals surface area (Å²) < 4.78 is 10.7. The normalized spacial score (nSPS) is 10.8. The Bertz CT molecular complexity index is 767. The van der Waals surface area contributed by atoms with E-state index in [-0.39, 0.29) is 5.91 Å². The molecule has 0 aliphatic carbocycles. The zero-order chi connectivity index (χ0) is 20.5. The first-order valence-electron chi connectivity index (χ1n) is 9.90. The third-order valence-corrected chi connectivity index (χ3v) is 4.93. The number of nitrogens with zero attached hydrogens (tertiary/aromatic N) is 1. The molecule has 1 amide bonds. The highest BCUT2D eigenvalue weighted by Crippen LogP contribution is 2.28. The maximum Gasteiger partial charge on any atom is 0.238 e. The zero-order valence-corrected chi connectivity index (χ0v) is 17.7. The Hall–Kier alpha value is -2.53. The Kier molecular flexibility index (Phi) is 8.33. The number of ether oxygens (including phenoxy) is 2. The molecular weight excluding hydrogens is 352 g/mol. The number of carbonyl (C=O) groups is 1. The van der Waals surface area contributed by atoms with Crippen LogP contribution in [0.15, 0.2) is 36.4 Å². The summed E-state index contributed by atoms with van der Waals surface area (Å²) in [5.41, 5.74) is 4.40. The second-order valence-corrected chi connectivity index (χ2v) is 6.70. The van der Waals surface area contributed by atoms with Crippen LogP contribution in [0.5, 0.6) is 11.5 Å². The lowest BCUT2D eigenvalue weighted by molar-refractivity contribution is -0.117. The minimum Gasteiger partial charge on any atom is -0.493 e. The average molecular weight is 385 g/mol. The van der Waals surface area contributed by atoms with E-state index >= 15 is 0 Å². The highest BCUT2D eigenvalue weighted by molar-refractivity contribution is 5.93. The van der Waals surface area contributed by atoms with E-state index in [4.69, 9.17) is 9.47 Å². The highest BCUT2D eigenvalue weighted by Gasteiger charge is 2.14. The number of para-hydroxylation sites is 1. The van der Waals surface area contributed by atoms with Gasteiger partial charge in [0.25, 0.3) is 0 Å². The maximum absolute atomic E-state index is 12.7. The quantitative estimate of drug-likeness (QED) is 0.664. The lowest BCUT2D eigenvalue weighted by Gasteiger charge is -2.22. The van der Waals surface area contributed by atoms with E-state index in [9.17, 15) is 4.79 Å². The van der Waals surface area contributed by atoms with Crippen molar-refractivity contribution in [3.63, 3.8) is 0 Å². The molecule has 0 radical (unpaired) electrons. The van der Waals surface area contributed by atoms with E-state index in [1.54, 1.807) is 14.2 Å². The molecule has 0 saturated heterocycles. The summed E-state index contributed by atoms with van der Waals surface area (Å²) >= 11 is 0. The summed E-state index contributed by atoms with van der Waals surface area (Å²) in [6.45, 7) is 8.06. The molecule has 0 fully saturated rings. The minimum atomic E-state index is 0.0120. The lowest BCUT2D eigenvalue weighted by atomic mass is 10.0. The summed E-state index contributed by atoms with van der Waals surface area (Å²) in [5, 5.41) is 3.15. The second-order valence-electron chi connectivity index (χ2n) is 6.70. The predicted molar refractivity (Wildman–Crippen MR) is 114 cm³/mol. The van der Waals surface area contributed by atoms with Crippen molar-refractivity contribution in [1.29, 1.82) is 0 Å². The van der Waals surface area contributed by atoms with Gasteiger partial charge in [-0.1, -0.05) is 45.0 Å². The molecule has 0 aliphatic rings. The van der Waals surface area contributed by atoms with Crippen LogP contribution >= 0.6 is 0 Å². The van der Waals surface area contributed by atoms with E-state index in [1.165, 1.54) is 11.1 Å². The molecule has 0 aromatic heterocycles. The molecule has 0 saturated carbocycles. The Morgan fingerprint density at radius 2 is 1.61 bits per heavy atom. The van der Waals surface area contributed by atoms with Gasteiger partial charge in [0.15, 0.2) is 11.5 Å². The summed E-state index contributed by atoms with van der Waals surface area (Å²) in [6.07, 6.45) is 1.79. The molecular formula is C23H32N2O3. The van der Waals surface area contributed by atoms with Crippen LogP contribution in [-0.2, 0) is 24.2 Å². The fourth-order valence-corrected chi connectivity index (χ4v) is 3.30. The van der Waals surface area contributed by atoms with Crippen molar-refractivity contribution in [1.82, 2.24) is 4.90 Å². The molecule has 0 bridgehead atoms. The number of rotatable bonds is 10. The highest BCUT2D eigenvalue weighted by atomic mass is 16.5. The van der Waals surface area contributed by atoms with Crippen LogP contribution in [0.1, 0.15) is 37.5 Å². The number of aryl methyl sites for hydroxylation is 2. The molecule has 0 unspecified atom stereocenters. The van der Waals surface area contributed by atoms with Crippen molar-refractivity contribution in [3.8, 4) is 11.5 Å².